The molecule has 0 bridgehead atoms. The summed E-state index contributed by atoms with van der Waals surface area (Å²) in [7, 11) is 0. The Bertz CT molecular complexity index is 630. The first-order chi connectivity index (χ1) is 13.0. The zero-order chi connectivity index (χ0) is 19.8. The normalized spacial score (nSPS) is 16.4. The number of ether oxygens (including phenoxy) is 1. The van der Waals surface area contributed by atoms with Gasteiger partial charge < -0.3 is 9.64 Å². The molecule has 1 fully saturated rings. The average molecular weight is 439 g/mol. The number of esters is 1. The number of halogens is 1. The number of carbonyl (C=O) groups excluding carboxylic acids is 2. The molecule has 6 heteroatoms. The predicted molar refractivity (Wildman–Crippen MR) is 110 cm³/mol. The van der Waals surface area contributed by atoms with Gasteiger partial charge in [0.2, 0.25) is 5.91 Å². The van der Waals surface area contributed by atoms with Gasteiger partial charge in [-0.3, -0.25) is 14.5 Å². The third kappa shape index (κ3) is 6.04. The van der Waals surface area contributed by atoms with Crippen LogP contribution in [0.4, 0.5) is 0 Å². The fourth-order valence-electron chi connectivity index (χ4n) is 3.61. The maximum absolute atomic E-state index is 12.9. The van der Waals surface area contributed by atoms with Crippen molar-refractivity contribution >= 4 is 27.8 Å². The highest BCUT2D eigenvalue weighted by Gasteiger charge is 2.29. The van der Waals surface area contributed by atoms with Gasteiger partial charge in [0.15, 0.2) is 0 Å². The lowest BCUT2D eigenvalue weighted by Gasteiger charge is -2.34. The second-order valence-corrected chi connectivity index (χ2v) is 7.93. The molecule has 27 heavy (non-hydrogen) atoms. The SMILES string of the molecule is CCCN(CC(=O)N1CCC(C(=O)OCC)CC1)C(C)c1ccccc1Br. The minimum Gasteiger partial charge on any atom is -0.466 e. The molecule has 0 aliphatic carbocycles. The van der Waals surface area contributed by atoms with Crippen LogP contribution >= 0.6 is 15.9 Å². The number of hydrogen-bond acceptors (Lipinski definition) is 4. The van der Waals surface area contributed by atoms with Crippen LogP contribution in [0.3, 0.4) is 0 Å². The molecular formula is C21H31BrN2O3. The summed E-state index contributed by atoms with van der Waals surface area (Å²) in [6.45, 7) is 9.05. The van der Waals surface area contributed by atoms with E-state index in [4.69, 9.17) is 4.74 Å². The van der Waals surface area contributed by atoms with Gasteiger partial charge in [-0.05, 0) is 51.3 Å². The molecule has 1 unspecified atom stereocenters. The van der Waals surface area contributed by atoms with Crippen LogP contribution < -0.4 is 0 Å². The van der Waals surface area contributed by atoms with Crippen molar-refractivity contribution < 1.29 is 14.3 Å². The number of benzene rings is 1. The van der Waals surface area contributed by atoms with Gasteiger partial charge in [-0.15, -0.1) is 0 Å². The maximum Gasteiger partial charge on any atom is 0.309 e. The lowest BCUT2D eigenvalue weighted by Crippen LogP contribution is -2.46. The quantitative estimate of drug-likeness (QED) is 0.574. The van der Waals surface area contributed by atoms with E-state index in [1.165, 1.54) is 5.56 Å². The monoisotopic (exact) mass is 438 g/mol. The van der Waals surface area contributed by atoms with Gasteiger partial charge in [-0.25, -0.2) is 0 Å². The molecule has 0 aromatic heterocycles. The summed E-state index contributed by atoms with van der Waals surface area (Å²) in [5.41, 5.74) is 1.19. The molecule has 0 spiro atoms. The highest BCUT2D eigenvalue weighted by molar-refractivity contribution is 9.10. The van der Waals surface area contributed by atoms with Crippen LogP contribution in [0.1, 0.15) is 51.6 Å². The first kappa shape index (κ1) is 21.9. The zero-order valence-electron chi connectivity index (χ0n) is 16.6. The second kappa shape index (κ2) is 10.8. The molecule has 2 rings (SSSR count). The molecule has 150 valence electrons. The van der Waals surface area contributed by atoms with E-state index in [1.807, 2.05) is 30.0 Å². The van der Waals surface area contributed by atoms with Crippen molar-refractivity contribution in [2.45, 2.75) is 46.1 Å². The van der Waals surface area contributed by atoms with Crippen molar-refractivity contribution in [2.75, 3.05) is 32.8 Å². The number of piperidine rings is 1. The first-order valence-electron chi connectivity index (χ1n) is 9.90. The van der Waals surface area contributed by atoms with Crippen molar-refractivity contribution in [3.63, 3.8) is 0 Å². The molecule has 1 heterocycles. The smallest absolute Gasteiger partial charge is 0.309 e. The van der Waals surface area contributed by atoms with Crippen molar-refractivity contribution in [3.8, 4) is 0 Å². The molecule has 1 aliphatic heterocycles. The summed E-state index contributed by atoms with van der Waals surface area (Å²) in [6.07, 6.45) is 2.38. The summed E-state index contributed by atoms with van der Waals surface area (Å²) in [6, 6.07) is 8.33. The van der Waals surface area contributed by atoms with Crippen LogP contribution in [0.25, 0.3) is 0 Å². The van der Waals surface area contributed by atoms with E-state index in [1.54, 1.807) is 0 Å². The van der Waals surface area contributed by atoms with Crippen LogP contribution in [0.15, 0.2) is 28.7 Å². The number of rotatable bonds is 8. The van der Waals surface area contributed by atoms with E-state index >= 15 is 0 Å². The number of amides is 1. The Hall–Kier alpha value is -1.40. The summed E-state index contributed by atoms with van der Waals surface area (Å²) >= 11 is 3.63. The van der Waals surface area contributed by atoms with E-state index in [0.29, 0.717) is 39.1 Å². The van der Waals surface area contributed by atoms with Crippen LogP contribution in [-0.4, -0.2) is 54.5 Å². The lowest BCUT2D eigenvalue weighted by molar-refractivity contribution is -0.151. The van der Waals surface area contributed by atoms with E-state index in [9.17, 15) is 9.59 Å². The second-order valence-electron chi connectivity index (χ2n) is 7.08. The molecule has 1 amide bonds. The summed E-state index contributed by atoms with van der Waals surface area (Å²) in [5, 5.41) is 0. The van der Waals surface area contributed by atoms with Crippen molar-refractivity contribution in [1.29, 1.82) is 0 Å². The summed E-state index contributed by atoms with van der Waals surface area (Å²) < 4.78 is 6.18. The van der Waals surface area contributed by atoms with Crippen molar-refractivity contribution in [3.05, 3.63) is 34.3 Å². The molecule has 0 saturated carbocycles. The summed E-state index contributed by atoms with van der Waals surface area (Å²) in [5.74, 6) is -0.0515. The van der Waals surface area contributed by atoms with Gasteiger partial charge in [-0.2, -0.15) is 0 Å². The third-order valence-corrected chi connectivity index (χ3v) is 5.94. The maximum atomic E-state index is 12.9. The molecule has 0 N–H and O–H groups in total. The van der Waals surface area contributed by atoms with E-state index < -0.39 is 0 Å². The summed E-state index contributed by atoms with van der Waals surface area (Å²) in [4.78, 5) is 28.9. The number of carbonyl (C=O) groups is 2. The van der Waals surface area contributed by atoms with E-state index in [-0.39, 0.29) is 23.8 Å². The van der Waals surface area contributed by atoms with E-state index in [0.717, 1.165) is 17.4 Å². The number of nitrogens with zero attached hydrogens (tertiary/aromatic N) is 2. The Morgan fingerprint density at radius 1 is 1.26 bits per heavy atom. The average Bonchev–Trinajstić information content (AvgIpc) is 2.67. The van der Waals surface area contributed by atoms with Crippen molar-refractivity contribution in [1.82, 2.24) is 9.80 Å². The number of hydrogen-bond donors (Lipinski definition) is 0. The highest BCUT2D eigenvalue weighted by atomic mass is 79.9. The Labute approximate surface area is 171 Å². The standard InChI is InChI=1S/C21H31BrN2O3/c1-4-12-24(16(3)18-8-6-7-9-19(18)22)15-20(25)23-13-10-17(11-14-23)21(26)27-5-2/h6-9,16-17H,4-5,10-15H2,1-3H3. The molecular weight excluding hydrogens is 408 g/mol. The van der Waals surface area contributed by atoms with E-state index in [2.05, 4.69) is 40.7 Å². The fraction of sp³-hybridized carbons (Fsp3) is 0.619. The minimum atomic E-state index is -0.125. The Morgan fingerprint density at radius 2 is 1.93 bits per heavy atom. The molecule has 5 nitrogen and oxygen atoms in total. The van der Waals surface area contributed by atoms with Gasteiger partial charge in [0.05, 0.1) is 19.1 Å². The zero-order valence-corrected chi connectivity index (χ0v) is 18.2. The highest BCUT2D eigenvalue weighted by Crippen LogP contribution is 2.28. The van der Waals surface area contributed by atoms with Gasteiger partial charge in [0.1, 0.15) is 0 Å². The predicted octanol–water partition coefficient (Wildman–Crippen LogP) is 4.02. The van der Waals surface area contributed by atoms with Gasteiger partial charge in [0, 0.05) is 23.6 Å². The van der Waals surface area contributed by atoms with Crippen LogP contribution in [-0.2, 0) is 14.3 Å². The Balaban J connectivity index is 1.95. The Kier molecular flexibility index (Phi) is 8.77. The first-order valence-corrected chi connectivity index (χ1v) is 10.7. The van der Waals surface area contributed by atoms with Gasteiger partial charge >= 0.3 is 5.97 Å². The Morgan fingerprint density at radius 3 is 2.52 bits per heavy atom. The minimum absolute atomic E-state index is 0.0695. The van der Waals surface area contributed by atoms with Crippen molar-refractivity contribution in [2.24, 2.45) is 5.92 Å². The van der Waals surface area contributed by atoms with Crippen LogP contribution in [0.5, 0.6) is 0 Å². The van der Waals surface area contributed by atoms with Gasteiger partial charge in [0.25, 0.3) is 0 Å². The third-order valence-electron chi connectivity index (χ3n) is 5.22. The van der Waals surface area contributed by atoms with Crippen LogP contribution in [0.2, 0.25) is 0 Å². The van der Waals surface area contributed by atoms with Crippen LogP contribution in [0, 0.1) is 5.92 Å². The molecule has 0 radical (unpaired) electrons. The fourth-order valence-corrected chi connectivity index (χ4v) is 4.22. The molecule has 1 saturated heterocycles. The molecule has 1 aliphatic rings. The largest absolute Gasteiger partial charge is 0.466 e. The molecule has 1 aromatic carbocycles. The molecule has 1 atom stereocenters. The molecule has 1 aromatic rings. The topological polar surface area (TPSA) is 49.9 Å². The van der Waals surface area contributed by atoms with Gasteiger partial charge in [-0.1, -0.05) is 41.1 Å². The number of likely N-dealkylation sites (tertiary alicyclic amines) is 1. The lowest BCUT2D eigenvalue weighted by atomic mass is 9.97.